The molecule has 0 aromatic heterocycles. The van der Waals surface area contributed by atoms with Crippen molar-refractivity contribution in [1.82, 2.24) is 0 Å². The largest absolute Gasteiger partial charge is 0.394 e. The molecule has 7 heteroatoms. The van der Waals surface area contributed by atoms with Crippen molar-refractivity contribution >= 4 is 0 Å². The van der Waals surface area contributed by atoms with Crippen LogP contribution in [0.5, 0.6) is 0 Å². The van der Waals surface area contributed by atoms with Crippen molar-refractivity contribution in [2.45, 2.75) is 30.3 Å². The van der Waals surface area contributed by atoms with E-state index in [2.05, 4.69) is 4.74 Å². The second-order valence-electron chi connectivity index (χ2n) is 3.02. The molecule has 1 rings (SSSR count). The molecule has 0 radical (unpaired) electrons. The van der Waals surface area contributed by atoms with Crippen LogP contribution in [0, 0.1) is 0 Å². The number of nitrogens with two attached hydrogens (primary N) is 1. The summed E-state index contributed by atoms with van der Waals surface area (Å²) in [5, 5.41) is 45.3. The first-order valence-corrected chi connectivity index (χ1v) is 3.73. The number of aliphatic hydroxyl groups is 5. The number of ether oxygens (including phenoxy) is 1. The Labute approximate surface area is 74.0 Å². The van der Waals surface area contributed by atoms with Crippen LogP contribution in [0.15, 0.2) is 0 Å². The quantitative estimate of drug-likeness (QED) is 0.235. The van der Waals surface area contributed by atoms with Crippen LogP contribution < -0.4 is 5.73 Å². The number of rotatable bonds is 1. The van der Waals surface area contributed by atoms with Crippen LogP contribution in [0.2, 0.25) is 0 Å². The van der Waals surface area contributed by atoms with Gasteiger partial charge in [0.15, 0.2) is 12.0 Å². The monoisotopic (exact) mass is 195 g/mol. The van der Waals surface area contributed by atoms with Crippen LogP contribution in [0.4, 0.5) is 0 Å². The van der Waals surface area contributed by atoms with Gasteiger partial charge in [0.2, 0.25) is 0 Å². The van der Waals surface area contributed by atoms with E-state index in [1.54, 1.807) is 0 Å². The summed E-state index contributed by atoms with van der Waals surface area (Å²) in [5.74, 6) is 0. The predicted molar refractivity (Wildman–Crippen MR) is 39.1 cm³/mol. The Kier molecular flexibility index (Phi) is 2.88. The summed E-state index contributed by atoms with van der Waals surface area (Å²) < 4.78 is 4.56. The number of hydrogen-bond donors (Lipinski definition) is 6. The maximum absolute atomic E-state index is 9.31. The van der Waals surface area contributed by atoms with E-state index >= 15 is 0 Å². The van der Waals surface area contributed by atoms with E-state index in [1.807, 2.05) is 0 Å². The molecule has 1 aliphatic heterocycles. The maximum atomic E-state index is 9.31. The molecule has 0 saturated carbocycles. The topological polar surface area (TPSA) is 136 Å². The average Bonchev–Trinajstić information content (AvgIpc) is 2.09. The van der Waals surface area contributed by atoms with Gasteiger partial charge in [-0.15, -0.1) is 0 Å². The predicted octanol–water partition coefficient (Wildman–Crippen LogP) is -3.94. The highest BCUT2D eigenvalue weighted by molar-refractivity contribution is 4.97. The first-order chi connectivity index (χ1) is 5.91. The molecular weight excluding hydrogens is 182 g/mol. The Hall–Kier alpha value is -0.280. The Morgan fingerprint density at radius 1 is 1.23 bits per heavy atom. The molecular formula is C6H13NO6. The van der Waals surface area contributed by atoms with E-state index in [0.717, 1.165) is 0 Å². The smallest absolute Gasteiger partial charge is 0.185 e. The van der Waals surface area contributed by atoms with Gasteiger partial charge < -0.3 is 30.3 Å². The Morgan fingerprint density at radius 3 is 2.23 bits per heavy atom. The van der Waals surface area contributed by atoms with Crippen LogP contribution >= 0.6 is 0 Å². The Balaban J connectivity index is 2.82. The summed E-state index contributed by atoms with van der Waals surface area (Å²) in [5.41, 5.74) is 2.74. The van der Waals surface area contributed by atoms with Gasteiger partial charge in [-0.2, -0.15) is 0 Å². The summed E-state index contributed by atoms with van der Waals surface area (Å²) in [7, 11) is 0. The van der Waals surface area contributed by atoms with Gasteiger partial charge >= 0.3 is 0 Å². The van der Waals surface area contributed by atoms with Gasteiger partial charge in [0.1, 0.15) is 18.3 Å². The molecule has 1 saturated heterocycles. The zero-order valence-electron chi connectivity index (χ0n) is 6.74. The van der Waals surface area contributed by atoms with Crippen LogP contribution in [0.3, 0.4) is 0 Å². The molecule has 5 atom stereocenters. The summed E-state index contributed by atoms with van der Waals surface area (Å²) in [4.78, 5) is 0. The van der Waals surface area contributed by atoms with Crippen molar-refractivity contribution in [2.24, 2.45) is 5.73 Å². The molecule has 1 aliphatic rings. The van der Waals surface area contributed by atoms with Gasteiger partial charge in [-0.05, 0) is 0 Å². The van der Waals surface area contributed by atoms with Crippen LogP contribution in [-0.4, -0.2) is 62.5 Å². The van der Waals surface area contributed by atoms with E-state index in [4.69, 9.17) is 21.1 Å². The van der Waals surface area contributed by atoms with Gasteiger partial charge in [0.05, 0.1) is 6.61 Å². The zero-order valence-corrected chi connectivity index (χ0v) is 6.74. The average molecular weight is 195 g/mol. The summed E-state index contributed by atoms with van der Waals surface area (Å²) in [6.45, 7) is -0.621. The molecule has 0 unspecified atom stereocenters. The second kappa shape index (κ2) is 3.46. The standard InChI is InChI=1S/C6H13NO6/c7-6(12)3(9)2(1-8)13-5(11)4(6)10/h2-5,8-12H,1,7H2/t2-,3-,4+,5+,6+/m1/s1. The van der Waals surface area contributed by atoms with Crippen molar-refractivity contribution in [3.8, 4) is 0 Å². The fraction of sp³-hybridized carbons (Fsp3) is 1.00. The van der Waals surface area contributed by atoms with Gasteiger partial charge in [-0.1, -0.05) is 0 Å². The Bertz CT molecular complexity index is 186. The maximum Gasteiger partial charge on any atom is 0.185 e. The van der Waals surface area contributed by atoms with Crippen molar-refractivity contribution in [3.63, 3.8) is 0 Å². The molecule has 13 heavy (non-hydrogen) atoms. The SMILES string of the molecule is N[C@]1(O)[C@H](O)[C@@H](CO)O[C@H](O)[C@@H]1O. The second-order valence-corrected chi connectivity index (χ2v) is 3.02. The van der Waals surface area contributed by atoms with Crippen LogP contribution in [0.25, 0.3) is 0 Å². The number of aliphatic hydroxyl groups excluding tert-OH is 4. The minimum atomic E-state index is -2.38. The molecule has 7 N–H and O–H groups in total. The molecule has 7 nitrogen and oxygen atoms in total. The third-order valence-corrected chi connectivity index (χ3v) is 2.06. The van der Waals surface area contributed by atoms with E-state index < -0.39 is 36.9 Å². The van der Waals surface area contributed by atoms with Gasteiger partial charge in [0, 0.05) is 0 Å². The normalized spacial score (nSPS) is 52.2. The van der Waals surface area contributed by atoms with Crippen LogP contribution in [0.1, 0.15) is 0 Å². The van der Waals surface area contributed by atoms with Gasteiger partial charge in [0.25, 0.3) is 0 Å². The molecule has 0 aromatic carbocycles. The Morgan fingerprint density at radius 2 is 1.77 bits per heavy atom. The van der Waals surface area contributed by atoms with E-state index in [9.17, 15) is 10.2 Å². The molecule has 78 valence electrons. The molecule has 0 aliphatic carbocycles. The highest BCUT2D eigenvalue weighted by Crippen LogP contribution is 2.24. The van der Waals surface area contributed by atoms with E-state index in [-0.39, 0.29) is 0 Å². The zero-order chi connectivity index (χ0) is 10.2. The highest BCUT2D eigenvalue weighted by atomic mass is 16.6. The fourth-order valence-electron chi connectivity index (χ4n) is 1.17. The lowest BCUT2D eigenvalue weighted by atomic mass is 9.93. The third kappa shape index (κ3) is 1.67. The summed E-state index contributed by atoms with van der Waals surface area (Å²) in [6, 6.07) is 0. The summed E-state index contributed by atoms with van der Waals surface area (Å²) in [6.07, 6.45) is -6.41. The van der Waals surface area contributed by atoms with Gasteiger partial charge in [-0.3, -0.25) is 5.73 Å². The van der Waals surface area contributed by atoms with Gasteiger partial charge in [-0.25, -0.2) is 0 Å². The van der Waals surface area contributed by atoms with Crippen molar-refractivity contribution < 1.29 is 30.3 Å². The minimum absolute atomic E-state index is 0.621. The van der Waals surface area contributed by atoms with E-state index in [0.29, 0.717) is 0 Å². The van der Waals surface area contributed by atoms with Crippen molar-refractivity contribution in [2.75, 3.05) is 6.61 Å². The molecule has 0 spiro atoms. The van der Waals surface area contributed by atoms with Crippen molar-refractivity contribution in [3.05, 3.63) is 0 Å². The number of hydrogen-bond acceptors (Lipinski definition) is 7. The molecule has 0 bridgehead atoms. The molecule has 0 aromatic rings. The first-order valence-electron chi connectivity index (χ1n) is 3.73. The minimum Gasteiger partial charge on any atom is -0.394 e. The lowest BCUT2D eigenvalue weighted by molar-refractivity contribution is -0.320. The molecule has 0 amide bonds. The van der Waals surface area contributed by atoms with Crippen LogP contribution in [-0.2, 0) is 4.74 Å². The third-order valence-electron chi connectivity index (χ3n) is 2.06. The van der Waals surface area contributed by atoms with Crippen molar-refractivity contribution in [1.29, 1.82) is 0 Å². The lowest BCUT2D eigenvalue weighted by Gasteiger charge is -2.43. The summed E-state index contributed by atoms with van der Waals surface area (Å²) >= 11 is 0. The highest BCUT2D eigenvalue weighted by Gasteiger charge is 2.52. The van der Waals surface area contributed by atoms with E-state index in [1.165, 1.54) is 0 Å². The first kappa shape index (κ1) is 10.8. The molecule has 1 heterocycles. The lowest BCUT2D eigenvalue weighted by Crippen LogP contribution is -2.71. The molecule has 1 fully saturated rings. The fourth-order valence-corrected chi connectivity index (χ4v) is 1.17.